The van der Waals surface area contributed by atoms with Crippen molar-refractivity contribution in [3.8, 4) is 28.7 Å². The number of hydrogen-bond donors (Lipinski definition) is 7. The highest BCUT2D eigenvalue weighted by Gasteiger charge is 2.37. The zero-order valence-corrected chi connectivity index (χ0v) is 31.6. The van der Waals surface area contributed by atoms with Gasteiger partial charge in [-0.1, -0.05) is 30.7 Å². The lowest BCUT2D eigenvalue weighted by Gasteiger charge is -2.32. The predicted molar refractivity (Wildman–Crippen MR) is 216 cm³/mol. The summed E-state index contributed by atoms with van der Waals surface area (Å²) in [6.07, 6.45) is 14.3. The molecule has 2 aromatic heterocycles. The van der Waals surface area contributed by atoms with Crippen molar-refractivity contribution >= 4 is 23.5 Å². The second-order valence-electron chi connectivity index (χ2n) is 15.3. The van der Waals surface area contributed by atoms with Gasteiger partial charge >= 0.3 is 0 Å². The van der Waals surface area contributed by atoms with Gasteiger partial charge in [-0.25, -0.2) is 0 Å². The first-order chi connectivity index (χ1) is 27.2. The number of phenols is 4. The van der Waals surface area contributed by atoms with Gasteiger partial charge in [0.2, 0.25) is 0 Å². The zero-order chi connectivity index (χ0) is 39.0. The molecule has 0 amide bonds. The van der Waals surface area contributed by atoms with Gasteiger partial charge in [-0.2, -0.15) is 0 Å². The number of aromatic nitrogens is 2. The summed E-state index contributed by atoms with van der Waals surface area (Å²) >= 11 is 0. The summed E-state index contributed by atoms with van der Waals surface area (Å²) in [6.45, 7) is 0.370. The average Bonchev–Trinajstić information content (AvgIpc) is 3.97. The first-order valence-electron chi connectivity index (χ1n) is 19.8. The number of H-pyrrole nitrogens is 2. The van der Waals surface area contributed by atoms with Gasteiger partial charge in [0, 0.05) is 43.4 Å². The molecule has 292 valence electrons. The topological polar surface area (TPSA) is 168 Å². The lowest BCUT2D eigenvalue weighted by Crippen LogP contribution is -2.31. The molecule has 10 heteroatoms. The van der Waals surface area contributed by atoms with Gasteiger partial charge in [0.1, 0.15) is 23.1 Å². The van der Waals surface area contributed by atoms with Crippen LogP contribution in [0, 0.1) is 5.92 Å². The molecule has 0 aliphatic heterocycles. The molecule has 10 nitrogen and oxygen atoms in total. The average molecular weight is 758 g/mol. The number of hydrogen-bond acceptors (Lipinski definition) is 8. The monoisotopic (exact) mass is 757 g/mol. The Hall–Kier alpha value is -5.90. The minimum Gasteiger partial charge on any atom is -0.508 e. The number of ether oxygens (including phenoxy) is 1. The number of nitrogens with one attached hydrogen (secondary N) is 3. The molecule has 7 N–H and O–H groups in total. The van der Waals surface area contributed by atoms with E-state index < -0.39 is 5.92 Å². The van der Waals surface area contributed by atoms with Crippen LogP contribution >= 0.6 is 0 Å². The van der Waals surface area contributed by atoms with Crippen LogP contribution < -0.4 is 10.1 Å². The van der Waals surface area contributed by atoms with E-state index >= 15 is 0 Å². The lowest BCUT2D eigenvalue weighted by atomic mass is 9.71. The second kappa shape index (κ2) is 17.7. The fourth-order valence-corrected chi connectivity index (χ4v) is 8.35. The van der Waals surface area contributed by atoms with E-state index in [-0.39, 0.29) is 59.4 Å². The molecule has 0 spiro atoms. The minimum atomic E-state index is -0.511. The highest BCUT2D eigenvalue weighted by atomic mass is 16.5. The highest BCUT2D eigenvalue weighted by Crippen LogP contribution is 2.43. The number of aryl methyl sites for hydroxylation is 2. The number of phenolic OH excluding ortho intramolecular Hbond substituents is 4. The maximum absolute atomic E-state index is 14.5. The van der Waals surface area contributed by atoms with Crippen molar-refractivity contribution in [1.82, 2.24) is 9.97 Å². The number of unbranched alkanes of at least 4 members (excludes halogenated alkanes) is 1. The number of aromatic amines is 2. The normalized spacial score (nSPS) is 16.7. The van der Waals surface area contributed by atoms with E-state index in [1.54, 1.807) is 36.4 Å². The molecule has 56 heavy (non-hydrogen) atoms. The van der Waals surface area contributed by atoms with E-state index in [0.717, 1.165) is 96.3 Å². The summed E-state index contributed by atoms with van der Waals surface area (Å²) in [6, 6.07) is 21.3. The third-order valence-corrected chi connectivity index (χ3v) is 11.3. The Balaban J connectivity index is 1.06. The SMILES string of the molecule is O=C(CCc1ccc(O)c(OC2CCCC2)c1)CC(=O)[C@@H]1C(CNc2[nH]ccc2Cc2ccc(O)c(O)c2)=Cc2[nH]ccc2[C@H]1CCCCc1cccc(O)c1. The van der Waals surface area contributed by atoms with Crippen LogP contribution in [0.15, 0.2) is 90.8 Å². The lowest BCUT2D eigenvalue weighted by molar-refractivity contribution is -0.129. The molecular weight excluding hydrogens is 707 g/mol. The predicted octanol–water partition coefficient (Wildman–Crippen LogP) is 8.86. The van der Waals surface area contributed by atoms with E-state index in [1.807, 2.05) is 48.8 Å². The molecule has 1 saturated carbocycles. The maximum atomic E-state index is 14.5. The largest absolute Gasteiger partial charge is 0.508 e. The summed E-state index contributed by atoms with van der Waals surface area (Å²) in [7, 11) is 0. The molecule has 2 heterocycles. The molecular formula is C46H51N3O7. The number of fused-ring (bicyclic) bond motifs is 1. The zero-order valence-electron chi connectivity index (χ0n) is 31.6. The van der Waals surface area contributed by atoms with Gasteiger partial charge in [0.25, 0.3) is 0 Å². The van der Waals surface area contributed by atoms with E-state index in [2.05, 4.69) is 15.3 Å². The van der Waals surface area contributed by atoms with E-state index in [4.69, 9.17) is 4.74 Å². The second-order valence-corrected chi connectivity index (χ2v) is 15.3. The van der Waals surface area contributed by atoms with E-state index in [9.17, 15) is 30.0 Å². The summed E-state index contributed by atoms with van der Waals surface area (Å²) in [4.78, 5) is 34.7. The third kappa shape index (κ3) is 9.48. The van der Waals surface area contributed by atoms with Crippen LogP contribution in [0.4, 0.5) is 5.82 Å². The maximum Gasteiger partial charge on any atom is 0.161 e. The number of aromatic hydroxyl groups is 4. The van der Waals surface area contributed by atoms with Crippen molar-refractivity contribution < 1.29 is 34.8 Å². The van der Waals surface area contributed by atoms with Crippen molar-refractivity contribution in [2.24, 2.45) is 5.92 Å². The van der Waals surface area contributed by atoms with Gasteiger partial charge in [-0.3, -0.25) is 9.59 Å². The van der Waals surface area contributed by atoms with Crippen molar-refractivity contribution in [3.63, 3.8) is 0 Å². The molecule has 7 rings (SSSR count). The molecule has 2 aliphatic rings. The van der Waals surface area contributed by atoms with Crippen molar-refractivity contribution in [2.75, 3.05) is 11.9 Å². The standard InChI is InChI=1S/C46H51N3O7/c50-34-8-5-7-29(23-34)6-1-4-11-38-37-19-21-47-39(37)26-33(28-49-46-32(18-20-48-46)22-31-14-16-40(52)42(54)24-31)45(38)43(55)27-35(51)15-12-30-13-17-41(53)44(25-30)56-36-9-2-3-10-36/h5,7-8,13-14,16-21,23-26,36,38,45,47-50,52-54H,1-4,6,9-12,15,22,27-28H2/t38-,45-/m1/s1. The number of Topliss-reactive ketones (excluding diaryl/α,β-unsaturated/α-hetero) is 2. The Morgan fingerprint density at radius 3 is 2.39 bits per heavy atom. The van der Waals surface area contributed by atoms with E-state index in [1.165, 1.54) is 6.07 Å². The van der Waals surface area contributed by atoms with Crippen LogP contribution in [-0.2, 0) is 28.9 Å². The van der Waals surface area contributed by atoms with Gasteiger partial charge in [-0.15, -0.1) is 0 Å². The number of rotatable bonds is 18. The van der Waals surface area contributed by atoms with Gasteiger partial charge < -0.3 is 40.4 Å². The van der Waals surface area contributed by atoms with Gasteiger partial charge in [-0.05, 0) is 145 Å². The molecule has 0 radical (unpaired) electrons. The van der Waals surface area contributed by atoms with Crippen LogP contribution in [-0.4, -0.2) is 54.6 Å². The molecule has 2 atom stereocenters. The van der Waals surface area contributed by atoms with Crippen LogP contribution in [0.2, 0.25) is 0 Å². The van der Waals surface area contributed by atoms with Gasteiger partial charge in [0.05, 0.1) is 12.5 Å². The minimum absolute atomic E-state index is 0.0931. The Labute approximate surface area is 327 Å². The Bertz CT molecular complexity index is 2180. The molecule has 0 bridgehead atoms. The number of carbonyl (C=O) groups excluding carboxylic acids is 2. The van der Waals surface area contributed by atoms with Crippen LogP contribution in [0.5, 0.6) is 28.7 Å². The summed E-state index contributed by atoms with van der Waals surface area (Å²) in [5, 5.41) is 43.7. The number of benzene rings is 3. The smallest absolute Gasteiger partial charge is 0.161 e. The molecule has 1 fully saturated rings. The molecule has 0 saturated heterocycles. The Kier molecular flexibility index (Phi) is 12.1. The van der Waals surface area contributed by atoms with Crippen molar-refractivity contribution in [3.05, 3.63) is 124 Å². The molecule has 0 unspecified atom stereocenters. The summed E-state index contributed by atoms with van der Waals surface area (Å²) in [5.41, 5.74) is 6.66. The van der Waals surface area contributed by atoms with Crippen molar-refractivity contribution in [1.29, 1.82) is 0 Å². The Morgan fingerprint density at radius 1 is 0.786 bits per heavy atom. The first-order valence-corrected chi connectivity index (χ1v) is 19.8. The number of ketones is 2. The third-order valence-electron chi connectivity index (χ3n) is 11.3. The Morgan fingerprint density at radius 2 is 1.57 bits per heavy atom. The fourth-order valence-electron chi connectivity index (χ4n) is 8.35. The van der Waals surface area contributed by atoms with Gasteiger partial charge in [0.15, 0.2) is 23.0 Å². The summed E-state index contributed by atoms with van der Waals surface area (Å²) < 4.78 is 6.07. The van der Waals surface area contributed by atoms with Crippen LogP contribution in [0.1, 0.15) is 97.2 Å². The van der Waals surface area contributed by atoms with Crippen LogP contribution in [0.3, 0.4) is 0 Å². The number of anilines is 1. The summed E-state index contributed by atoms with van der Waals surface area (Å²) in [5.74, 6) is 0.363. The molecule has 3 aromatic carbocycles. The first kappa shape index (κ1) is 38.4. The number of carbonyl (C=O) groups is 2. The van der Waals surface area contributed by atoms with E-state index in [0.29, 0.717) is 25.1 Å². The van der Waals surface area contributed by atoms with Crippen molar-refractivity contribution in [2.45, 2.75) is 89.1 Å². The highest BCUT2D eigenvalue weighted by molar-refractivity contribution is 6.02. The fraction of sp³-hybridized carbons (Fsp3) is 0.348. The van der Waals surface area contributed by atoms with Crippen LogP contribution in [0.25, 0.3) is 6.08 Å². The quantitative estimate of drug-likeness (QED) is 0.0264. The molecule has 2 aliphatic carbocycles. The molecule has 5 aromatic rings.